The van der Waals surface area contributed by atoms with Gasteiger partial charge in [0, 0.05) is 18.7 Å². The molecular weight excluding hydrogens is 355 g/mol. The zero-order valence-corrected chi connectivity index (χ0v) is 16.4. The number of carbonyl (C=O) groups is 2. The van der Waals surface area contributed by atoms with E-state index >= 15 is 0 Å². The van der Waals surface area contributed by atoms with Crippen LogP contribution in [0.15, 0.2) is 18.2 Å². The van der Waals surface area contributed by atoms with Gasteiger partial charge in [0.1, 0.15) is 23.8 Å². The summed E-state index contributed by atoms with van der Waals surface area (Å²) in [4.78, 5) is 27.8. The van der Waals surface area contributed by atoms with Crippen molar-refractivity contribution in [3.63, 3.8) is 0 Å². The molecule has 1 N–H and O–H groups in total. The van der Waals surface area contributed by atoms with Gasteiger partial charge in [-0.15, -0.1) is 0 Å². The average Bonchev–Trinajstić information content (AvgIpc) is 2.53. The number of carbonyl (C=O) groups excluding carboxylic acids is 2. The van der Waals surface area contributed by atoms with Crippen LogP contribution in [0.25, 0.3) is 0 Å². The number of aromatic hydroxyl groups is 1. The Morgan fingerprint density at radius 1 is 1.19 bits per heavy atom. The normalized spacial score (nSPS) is 20.4. The van der Waals surface area contributed by atoms with Gasteiger partial charge in [0.05, 0.1) is 12.1 Å². The van der Waals surface area contributed by atoms with Crippen molar-refractivity contribution in [2.24, 2.45) is 0 Å². The molecule has 0 radical (unpaired) electrons. The Morgan fingerprint density at radius 3 is 2.33 bits per heavy atom. The lowest BCUT2D eigenvalue weighted by atomic mass is 10.1. The van der Waals surface area contributed by atoms with Gasteiger partial charge in [0.25, 0.3) is 0 Å². The van der Waals surface area contributed by atoms with E-state index in [4.69, 9.17) is 9.47 Å². The fourth-order valence-corrected chi connectivity index (χ4v) is 3.04. The lowest BCUT2D eigenvalue weighted by Gasteiger charge is -2.43. The van der Waals surface area contributed by atoms with Crippen molar-refractivity contribution in [2.45, 2.75) is 58.9 Å². The van der Waals surface area contributed by atoms with E-state index in [0.717, 1.165) is 6.07 Å². The molecule has 0 unspecified atom stereocenters. The molecule has 0 aromatic heterocycles. The number of piperazine rings is 1. The first-order chi connectivity index (χ1) is 12.5. The van der Waals surface area contributed by atoms with E-state index in [-0.39, 0.29) is 30.0 Å². The van der Waals surface area contributed by atoms with Gasteiger partial charge in [0.15, 0.2) is 0 Å². The molecule has 0 aliphatic carbocycles. The monoisotopic (exact) mass is 382 g/mol. The lowest BCUT2D eigenvalue weighted by molar-refractivity contribution is -0.00983. The van der Waals surface area contributed by atoms with E-state index in [1.807, 2.05) is 13.8 Å². The number of hydrogen-bond donors (Lipinski definition) is 1. The van der Waals surface area contributed by atoms with E-state index < -0.39 is 23.6 Å². The van der Waals surface area contributed by atoms with Crippen molar-refractivity contribution in [1.29, 1.82) is 0 Å². The summed E-state index contributed by atoms with van der Waals surface area (Å²) in [5, 5.41) is 9.43. The molecule has 2 atom stereocenters. The molecule has 1 aromatic carbocycles. The first-order valence-electron chi connectivity index (χ1n) is 8.88. The first-order valence-corrected chi connectivity index (χ1v) is 8.88. The third-order valence-electron chi connectivity index (χ3n) is 4.16. The van der Waals surface area contributed by atoms with Crippen LogP contribution in [0.2, 0.25) is 0 Å². The highest BCUT2D eigenvalue weighted by atomic mass is 19.1. The molecule has 1 heterocycles. The summed E-state index contributed by atoms with van der Waals surface area (Å²) in [6.07, 6.45) is -1.02. The molecular formula is C19H27FN2O5. The molecule has 7 nitrogen and oxygen atoms in total. The number of nitrogens with zero attached hydrogens (tertiary/aromatic N) is 2. The first kappa shape index (κ1) is 20.8. The Labute approximate surface area is 158 Å². The molecule has 0 spiro atoms. The predicted molar refractivity (Wildman–Crippen MR) is 96.8 cm³/mol. The summed E-state index contributed by atoms with van der Waals surface area (Å²) in [5.41, 5.74) is -0.499. The Morgan fingerprint density at radius 2 is 1.78 bits per heavy atom. The van der Waals surface area contributed by atoms with Gasteiger partial charge in [-0.3, -0.25) is 4.90 Å². The highest BCUT2D eigenvalue weighted by Crippen LogP contribution is 2.21. The topological polar surface area (TPSA) is 79.3 Å². The van der Waals surface area contributed by atoms with E-state index in [0.29, 0.717) is 13.1 Å². The highest BCUT2D eigenvalue weighted by Gasteiger charge is 2.37. The van der Waals surface area contributed by atoms with Gasteiger partial charge in [-0.1, -0.05) is 0 Å². The maximum absolute atomic E-state index is 13.7. The van der Waals surface area contributed by atoms with Gasteiger partial charge in [-0.2, -0.15) is 0 Å². The Kier molecular flexibility index (Phi) is 6.18. The molecule has 2 amide bonds. The second kappa shape index (κ2) is 8.02. The smallest absolute Gasteiger partial charge is 0.410 e. The molecule has 150 valence electrons. The van der Waals surface area contributed by atoms with E-state index in [1.165, 1.54) is 17.0 Å². The molecule has 1 fully saturated rings. The standard InChI is InChI=1S/C19H27FN2O5/c1-12-9-21(17(24)27-19(3,4)5)10-13(2)22(12)18(25)26-11-14-8-15(23)6-7-16(14)20/h6-8,12-13,23H,9-11H2,1-5H3/t12-,13+. The summed E-state index contributed by atoms with van der Waals surface area (Å²) in [6, 6.07) is 2.98. The fourth-order valence-electron chi connectivity index (χ4n) is 3.04. The van der Waals surface area contributed by atoms with Crippen LogP contribution in [0, 0.1) is 5.82 Å². The Balaban J connectivity index is 1.97. The summed E-state index contributed by atoms with van der Waals surface area (Å²) in [7, 11) is 0. The number of phenolic OH excluding ortho intramolecular Hbond substituents is 1. The van der Waals surface area contributed by atoms with Crippen LogP contribution in [-0.2, 0) is 16.1 Å². The molecule has 2 rings (SSSR count). The number of ether oxygens (including phenoxy) is 2. The zero-order valence-electron chi connectivity index (χ0n) is 16.4. The average molecular weight is 382 g/mol. The zero-order chi connectivity index (χ0) is 20.4. The summed E-state index contributed by atoms with van der Waals surface area (Å²) in [5.74, 6) is -0.661. The molecule has 1 aliphatic heterocycles. The van der Waals surface area contributed by atoms with Crippen molar-refractivity contribution < 1.29 is 28.6 Å². The van der Waals surface area contributed by atoms with Crippen LogP contribution in [0.1, 0.15) is 40.2 Å². The molecule has 0 bridgehead atoms. The quantitative estimate of drug-likeness (QED) is 0.847. The number of hydrogen-bond acceptors (Lipinski definition) is 5. The Bertz CT molecular complexity index is 692. The minimum absolute atomic E-state index is 0.0936. The van der Waals surface area contributed by atoms with Crippen LogP contribution < -0.4 is 0 Å². The number of halogens is 1. The van der Waals surface area contributed by atoms with Gasteiger partial charge in [0.2, 0.25) is 0 Å². The van der Waals surface area contributed by atoms with Gasteiger partial charge < -0.3 is 19.5 Å². The summed E-state index contributed by atoms with van der Waals surface area (Å²) >= 11 is 0. The SMILES string of the molecule is C[C@@H]1CN(C(=O)OC(C)(C)C)C[C@H](C)N1C(=O)OCc1cc(O)ccc1F. The van der Waals surface area contributed by atoms with E-state index in [2.05, 4.69) is 0 Å². The van der Waals surface area contributed by atoms with Crippen LogP contribution in [-0.4, -0.2) is 57.9 Å². The molecule has 1 aliphatic rings. The highest BCUT2D eigenvalue weighted by molar-refractivity contribution is 5.71. The second-order valence-electron chi connectivity index (χ2n) is 7.82. The summed E-state index contributed by atoms with van der Waals surface area (Å²) < 4.78 is 24.3. The van der Waals surface area contributed by atoms with Crippen molar-refractivity contribution >= 4 is 12.2 Å². The molecule has 1 saturated heterocycles. The number of amides is 2. The largest absolute Gasteiger partial charge is 0.508 e. The van der Waals surface area contributed by atoms with Crippen molar-refractivity contribution in [2.75, 3.05) is 13.1 Å². The van der Waals surface area contributed by atoms with Crippen LogP contribution in [0.3, 0.4) is 0 Å². The van der Waals surface area contributed by atoms with Crippen molar-refractivity contribution in [1.82, 2.24) is 9.80 Å². The van der Waals surface area contributed by atoms with Crippen LogP contribution in [0.5, 0.6) is 5.75 Å². The van der Waals surface area contributed by atoms with Gasteiger partial charge in [-0.25, -0.2) is 14.0 Å². The maximum Gasteiger partial charge on any atom is 0.410 e. The maximum atomic E-state index is 13.7. The van der Waals surface area contributed by atoms with Crippen molar-refractivity contribution in [3.8, 4) is 5.75 Å². The molecule has 27 heavy (non-hydrogen) atoms. The molecule has 0 saturated carbocycles. The molecule has 1 aromatic rings. The summed E-state index contributed by atoms with van der Waals surface area (Å²) in [6.45, 7) is 9.35. The van der Waals surface area contributed by atoms with Crippen LogP contribution in [0.4, 0.5) is 14.0 Å². The predicted octanol–water partition coefficient (Wildman–Crippen LogP) is 3.50. The second-order valence-corrected chi connectivity index (χ2v) is 7.82. The molecule has 8 heteroatoms. The van der Waals surface area contributed by atoms with Crippen molar-refractivity contribution in [3.05, 3.63) is 29.6 Å². The minimum Gasteiger partial charge on any atom is -0.508 e. The fraction of sp³-hybridized carbons (Fsp3) is 0.579. The van der Waals surface area contributed by atoms with Gasteiger partial charge in [-0.05, 0) is 52.8 Å². The number of benzene rings is 1. The third kappa shape index (κ3) is 5.48. The minimum atomic E-state index is -0.596. The Hall–Kier alpha value is -2.51. The third-order valence-corrected chi connectivity index (χ3v) is 4.16. The van der Waals surface area contributed by atoms with E-state index in [1.54, 1.807) is 25.7 Å². The van der Waals surface area contributed by atoms with Crippen LogP contribution >= 0.6 is 0 Å². The van der Waals surface area contributed by atoms with Gasteiger partial charge >= 0.3 is 12.2 Å². The van der Waals surface area contributed by atoms with E-state index in [9.17, 15) is 19.1 Å². The number of rotatable bonds is 2. The number of phenols is 1. The lowest BCUT2D eigenvalue weighted by Crippen LogP contribution is -2.60.